The molecular formula is C18H25N5O. The zero-order chi connectivity index (χ0) is 17.3. The number of aryl methyl sites for hydroxylation is 1. The summed E-state index contributed by atoms with van der Waals surface area (Å²) in [5.41, 5.74) is 7.96. The maximum Gasteiger partial charge on any atom is 0.221 e. The first-order valence-corrected chi connectivity index (χ1v) is 8.16. The molecule has 3 rings (SSSR count). The highest BCUT2D eigenvalue weighted by Crippen LogP contribution is 2.32. The van der Waals surface area contributed by atoms with Crippen LogP contribution in [0.1, 0.15) is 19.4 Å². The molecule has 0 radical (unpaired) electrons. The average molecular weight is 327 g/mol. The molecule has 2 aromatic rings. The van der Waals surface area contributed by atoms with Crippen molar-refractivity contribution in [1.29, 1.82) is 0 Å². The molecule has 2 heterocycles. The van der Waals surface area contributed by atoms with Crippen LogP contribution >= 0.6 is 0 Å². The van der Waals surface area contributed by atoms with Crippen molar-refractivity contribution in [2.45, 2.75) is 26.3 Å². The second-order valence-electron chi connectivity index (χ2n) is 6.82. The number of hydrogen-bond acceptors (Lipinski definition) is 6. The van der Waals surface area contributed by atoms with Crippen molar-refractivity contribution < 1.29 is 4.74 Å². The number of methoxy groups -OCH3 is 1. The van der Waals surface area contributed by atoms with Crippen LogP contribution in [0.3, 0.4) is 0 Å². The van der Waals surface area contributed by atoms with E-state index in [4.69, 9.17) is 10.5 Å². The number of rotatable bonds is 3. The van der Waals surface area contributed by atoms with Gasteiger partial charge in [0.2, 0.25) is 5.95 Å². The third-order valence-corrected chi connectivity index (χ3v) is 4.53. The Bertz CT molecular complexity index is 731. The summed E-state index contributed by atoms with van der Waals surface area (Å²) in [6.07, 6.45) is 1.79. The molecule has 1 aliphatic heterocycles. The predicted molar refractivity (Wildman–Crippen MR) is 97.8 cm³/mol. The second-order valence-corrected chi connectivity index (χ2v) is 6.82. The van der Waals surface area contributed by atoms with E-state index in [1.54, 1.807) is 13.3 Å². The van der Waals surface area contributed by atoms with Gasteiger partial charge in [0, 0.05) is 43.1 Å². The fraction of sp³-hybridized carbons (Fsp3) is 0.444. The summed E-state index contributed by atoms with van der Waals surface area (Å²) in [6.45, 7) is 9.18. The van der Waals surface area contributed by atoms with Crippen molar-refractivity contribution in [3.05, 3.63) is 36.0 Å². The Hall–Kier alpha value is -2.50. The fourth-order valence-corrected chi connectivity index (χ4v) is 3.36. The van der Waals surface area contributed by atoms with Crippen LogP contribution in [0.5, 0.6) is 5.75 Å². The van der Waals surface area contributed by atoms with Crippen molar-refractivity contribution in [1.82, 2.24) is 9.97 Å². The van der Waals surface area contributed by atoms with E-state index in [2.05, 4.69) is 45.7 Å². The SMILES string of the molecule is COc1cccc(N2CCN(c3nc(N)ncc3C)CC2(C)C)c1. The number of benzene rings is 1. The van der Waals surface area contributed by atoms with Gasteiger partial charge in [0.1, 0.15) is 11.6 Å². The van der Waals surface area contributed by atoms with E-state index >= 15 is 0 Å². The minimum atomic E-state index is -0.0449. The number of ether oxygens (including phenoxy) is 1. The van der Waals surface area contributed by atoms with E-state index in [-0.39, 0.29) is 5.54 Å². The Morgan fingerprint density at radius 2 is 2.04 bits per heavy atom. The van der Waals surface area contributed by atoms with E-state index < -0.39 is 0 Å². The van der Waals surface area contributed by atoms with Crippen LogP contribution in [0.25, 0.3) is 0 Å². The summed E-state index contributed by atoms with van der Waals surface area (Å²) in [5, 5.41) is 0. The summed E-state index contributed by atoms with van der Waals surface area (Å²) in [5.74, 6) is 2.13. The lowest BCUT2D eigenvalue weighted by atomic mass is 9.97. The van der Waals surface area contributed by atoms with Gasteiger partial charge in [-0.2, -0.15) is 4.98 Å². The summed E-state index contributed by atoms with van der Waals surface area (Å²) < 4.78 is 5.37. The van der Waals surface area contributed by atoms with Gasteiger partial charge in [-0.25, -0.2) is 4.98 Å². The van der Waals surface area contributed by atoms with Crippen LogP contribution < -0.4 is 20.3 Å². The molecule has 1 aliphatic rings. The molecule has 0 aliphatic carbocycles. The van der Waals surface area contributed by atoms with Gasteiger partial charge in [-0.15, -0.1) is 0 Å². The van der Waals surface area contributed by atoms with Crippen LogP contribution in [0.15, 0.2) is 30.5 Å². The maximum atomic E-state index is 5.78. The average Bonchev–Trinajstić information content (AvgIpc) is 2.56. The molecule has 0 amide bonds. The highest BCUT2D eigenvalue weighted by atomic mass is 16.5. The third-order valence-electron chi connectivity index (χ3n) is 4.53. The molecule has 1 saturated heterocycles. The van der Waals surface area contributed by atoms with Crippen molar-refractivity contribution in [2.24, 2.45) is 0 Å². The molecule has 1 fully saturated rings. The van der Waals surface area contributed by atoms with Gasteiger partial charge in [0.25, 0.3) is 0 Å². The minimum Gasteiger partial charge on any atom is -0.497 e. The van der Waals surface area contributed by atoms with Crippen LogP contribution in [0, 0.1) is 6.92 Å². The highest BCUT2D eigenvalue weighted by Gasteiger charge is 2.35. The van der Waals surface area contributed by atoms with Crippen LogP contribution in [-0.2, 0) is 0 Å². The molecule has 24 heavy (non-hydrogen) atoms. The van der Waals surface area contributed by atoms with Gasteiger partial charge in [0.15, 0.2) is 0 Å². The first-order chi connectivity index (χ1) is 11.4. The normalized spacial score (nSPS) is 17.0. The first kappa shape index (κ1) is 16.4. The molecule has 0 unspecified atom stereocenters. The topological polar surface area (TPSA) is 67.5 Å². The molecule has 128 valence electrons. The molecule has 6 heteroatoms. The number of aromatic nitrogens is 2. The molecule has 0 atom stereocenters. The molecule has 1 aromatic carbocycles. The van der Waals surface area contributed by atoms with Crippen LogP contribution in [0.4, 0.5) is 17.5 Å². The summed E-state index contributed by atoms with van der Waals surface area (Å²) >= 11 is 0. The Morgan fingerprint density at radius 1 is 1.25 bits per heavy atom. The zero-order valence-corrected chi connectivity index (χ0v) is 14.8. The molecule has 6 nitrogen and oxygen atoms in total. The number of piperazine rings is 1. The van der Waals surface area contributed by atoms with Gasteiger partial charge in [-0.05, 0) is 32.9 Å². The standard InChI is InChI=1S/C18H25N5O/c1-13-11-20-17(19)21-16(13)22-8-9-23(18(2,3)12-22)14-6-5-7-15(10-14)24-4/h5-7,10-11H,8-9,12H2,1-4H3,(H2,19,20,21). The van der Waals surface area contributed by atoms with Gasteiger partial charge in [-0.3, -0.25) is 0 Å². The van der Waals surface area contributed by atoms with Gasteiger partial charge in [0.05, 0.1) is 12.6 Å². The fourth-order valence-electron chi connectivity index (χ4n) is 3.36. The molecule has 0 bridgehead atoms. The third kappa shape index (κ3) is 3.09. The molecular weight excluding hydrogens is 302 g/mol. The smallest absolute Gasteiger partial charge is 0.221 e. The molecule has 1 aromatic heterocycles. The minimum absolute atomic E-state index is 0.0449. The predicted octanol–water partition coefficient (Wildman–Crippen LogP) is 2.48. The Kier molecular flexibility index (Phi) is 4.22. The number of nitrogen functional groups attached to an aromatic ring is 1. The number of anilines is 3. The lowest BCUT2D eigenvalue weighted by molar-refractivity contribution is 0.405. The van der Waals surface area contributed by atoms with Gasteiger partial charge in [-0.1, -0.05) is 6.07 Å². The lowest BCUT2D eigenvalue weighted by Gasteiger charge is -2.49. The molecule has 2 N–H and O–H groups in total. The van der Waals surface area contributed by atoms with Crippen molar-refractivity contribution in [3.8, 4) is 5.75 Å². The van der Waals surface area contributed by atoms with E-state index in [9.17, 15) is 0 Å². The number of hydrogen-bond donors (Lipinski definition) is 1. The van der Waals surface area contributed by atoms with E-state index in [1.807, 2.05) is 19.1 Å². The lowest BCUT2D eigenvalue weighted by Crippen LogP contribution is -2.60. The molecule has 0 saturated carbocycles. The number of nitrogens with two attached hydrogens (primary N) is 1. The maximum absolute atomic E-state index is 5.78. The van der Waals surface area contributed by atoms with E-state index in [0.717, 1.165) is 36.8 Å². The first-order valence-electron chi connectivity index (χ1n) is 8.16. The van der Waals surface area contributed by atoms with Gasteiger partial charge >= 0.3 is 0 Å². The summed E-state index contributed by atoms with van der Waals surface area (Å²) in [6, 6.07) is 8.23. The quantitative estimate of drug-likeness (QED) is 0.934. The number of nitrogens with zero attached hydrogens (tertiary/aromatic N) is 4. The Labute approximate surface area is 143 Å². The van der Waals surface area contributed by atoms with Crippen molar-refractivity contribution >= 4 is 17.5 Å². The second kappa shape index (κ2) is 6.19. The Balaban J connectivity index is 1.85. The molecule has 0 spiro atoms. The van der Waals surface area contributed by atoms with E-state index in [0.29, 0.717) is 5.95 Å². The summed E-state index contributed by atoms with van der Waals surface area (Å²) in [7, 11) is 1.70. The summed E-state index contributed by atoms with van der Waals surface area (Å²) in [4.78, 5) is 13.2. The van der Waals surface area contributed by atoms with Crippen LogP contribution in [-0.4, -0.2) is 42.3 Å². The zero-order valence-electron chi connectivity index (χ0n) is 14.8. The van der Waals surface area contributed by atoms with Crippen LogP contribution in [0.2, 0.25) is 0 Å². The van der Waals surface area contributed by atoms with Crippen molar-refractivity contribution in [3.63, 3.8) is 0 Å². The van der Waals surface area contributed by atoms with E-state index in [1.165, 1.54) is 5.69 Å². The largest absolute Gasteiger partial charge is 0.497 e. The van der Waals surface area contributed by atoms with Crippen molar-refractivity contribution in [2.75, 3.05) is 42.3 Å². The Morgan fingerprint density at radius 3 is 2.75 bits per heavy atom. The monoisotopic (exact) mass is 327 g/mol. The van der Waals surface area contributed by atoms with Gasteiger partial charge < -0.3 is 20.3 Å². The highest BCUT2D eigenvalue weighted by molar-refractivity contribution is 5.56.